The number of benzene rings is 1. The van der Waals surface area contributed by atoms with Crippen LogP contribution < -0.4 is 14.8 Å². The minimum atomic E-state index is -0.632. The van der Waals surface area contributed by atoms with Crippen LogP contribution in [0.1, 0.15) is 12.5 Å². The normalized spacial score (nSPS) is 16.2. The monoisotopic (exact) mass is 294 g/mol. The lowest BCUT2D eigenvalue weighted by molar-refractivity contribution is -0.127. The Labute approximate surface area is 122 Å². The van der Waals surface area contributed by atoms with E-state index in [2.05, 4.69) is 10.5 Å². The summed E-state index contributed by atoms with van der Waals surface area (Å²) < 4.78 is 15.8. The molecule has 7 nitrogen and oxygen atoms in total. The van der Waals surface area contributed by atoms with Crippen molar-refractivity contribution in [2.75, 3.05) is 26.9 Å². The Morgan fingerprint density at radius 3 is 3.10 bits per heavy atom. The van der Waals surface area contributed by atoms with E-state index in [9.17, 15) is 4.79 Å². The van der Waals surface area contributed by atoms with Crippen LogP contribution in [-0.4, -0.2) is 49.8 Å². The van der Waals surface area contributed by atoms with Crippen molar-refractivity contribution in [3.8, 4) is 11.5 Å². The van der Waals surface area contributed by atoms with Gasteiger partial charge in [0, 0.05) is 25.3 Å². The summed E-state index contributed by atoms with van der Waals surface area (Å²) >= 11 is 0. The second kappa shape index (κ2) is 6.94. The van der Waals surface area contributed by atoms with Crippen LogP contribution in [0.2, 0.25) is 0 Å². The average Bonchev–Trinajstić information content (AvgIpc) is 2.89. The number of nitrogens with zero attached hydrogens (tertiary/aromatic N) is 1. The zero-order valence-electron chi connectivity index (χ0n) is 12.0. The first-order valence-corrected chi connectivity index (χ1v) is 6.57. The highest BCUT2D eigenvalue weighted by Gasteiger charge is 2.21. The predicted octanol–water partition coefficient (Wildman–Crippen LogP) is 0.787. The fourth-order valence-electron chi connectivity index (χ4n) is 1.92. The highest BCUT2D eigenvalue weighted by Crippen LogP contribution is 2.30. The number of hydrogen-bond acceptors (Lipinski definition) is 6. The number of rotatable bonds is 6. The van der Waals surface area contributed by atoms with Crippen LogP contribution in [-0.2, 0) is 9.53 Å². The number of hydrogen-bond donors (Lipinski definition) is 2. The smallest absolute Gasteiger partial charge is 0.260 e. The molecule has 1 aliphatic rings. The van der Waals surface area contributed by atoms with E-state index in [1.165, 1.54) is 0 Å². The van der Waals surface area contributed by atoms with Crippen molar-refractivity contribution in [3.63, 3.8) is 0 Å². The van der Waals surface area contributed by atoms with Gasteiger partial charge in [-0.3, -0.25) is 4.79 Å². The Balaban J connectivity index is 1.96. The molecule has 0 saturated heterocycles. The van der Waals surface area contributed by atoms with E-state index in [-0.39, 0.29) is 12.5 Å². The highest BCUT2D eigenvalue weighted by molar-refractivity contribution is 6.06. The number of oxime groups is 1. The zero-order chi connectivity index (χ0) is 15.2. The summed E-state index contributed by atoms with van der Waals surface area (Å²) in [7, 11) is 1.57. The molecule has 0 aromatic heterocycles. The molecule has 7 heteroatoms. The van der Waals surface area contributed by atoms with Crippen molar-refractivity contribution in [1.82, 2.24) is 5.32 Å². The molecule has 1 aromatic carbocycles. The highest BCUT2D eigenvalue weighted by atomic mass is 16.5. The van der Waals surface area contributed by atoms with Crippen LogP contribution in [0.3, 0.4) is 0 Å². The Hall–Kier alpha value is -2.28. The number of amides is 1. The fraction of sp³-hybridized carbons (Fsp3) is 0.429. The first-order valence-electron chi connectivity index (χ1n) is 6.57. The molecule has 1 unspecified atom stereocenters. The molecule has 0 radical (unpaired) electrons. The first-order chi connectivity index (χ1) is 10.2. The summed E-state index contributed by atoms with van der Waals surface area (Å²) in [5.74, 6) is 0.876. The number of nitrogens with one attached hydrogen (secondary N) is 1. The molecule has 1 amide bonds. The molecule has 2 rings (SSSR count). The van der Waals surface area contributed by atoms with E-state index >= 15 is 0 Å². The first kappa shape index (κ1) is 15.1. The summed E-state index contributed by atoms with van der Waals surface area (Å²) in [4.78, 5) is 11.8. The van der Waals surface area contributed by atoms with Crippen molar-refractivity contribution < 1.29 is 24.2 Å². The van der Waals surface area contributed by atoms with Crippen molar-refractivity contribution in [2.24, 2.45) is 5.16 Å². The number of methoxy groups -OCH3 is 1. The molecule has 0 bridgehead atoms. The second-order valence-corrected chi connectivity index (χ2v) is 4.54. The quantitative estimate of drug-likeness (QED) is 0.460. The maximum atomic E-state index is 11.8. The SMILES string of the molecule is COCCNC(=O)C(C)Oc1ccc2c(c1)OCC2=NO. The Kier molecular flexibility index (Phi) is 4.99. The topological polar surface area (TPSA) is 89.4 Å². The van der Waals surface area contributed by atoms with Gasteiger partial charge in [0.25, 0.3) is 5.91 Å². The number of fused-ring (bicyclic) bond motifs is 1. The Bertz CT molecular complexity index is 544. The molecule has 1 heterocycles. The molecule has 114 valence electrons. The summed E-state index contributed by atoms with van der Waals surface area (Å²) in [5.41, 5.74) is 1.20. The largest absolute Gasteiger partial charge is 0.486 e. The third-order valence-electron chi connectivity index (χ3n) is 3.04. The van der Waals surface area contributed by atoms with Gasteiger partial charge in [0.05, 0.1) is 6.61 Å². The van der Waals surface area contributed by atoms with Crippen molar-refractivity contribution in [2.45, 2.75) is 13.0 Å². The molecular formula is C14H18N2O5. The summed E-state index contributed by atoms with van der Waals surface area (Å²) in [6.45, 7) is 2.78. The molecular weight excluding hydrogens is 276 g/mol. The van der Waals surface area contributed by atoms with E-state index in [4.69, 9.17) is 19.4 Å². The second-order valence-electron chi connectivity index (χ2n) is 4.54. The van der Waals surface area contributed by atoms with Gasteiger partial charge < -0.3 is 24.7 Å². The van der Waals surface area contributed by atoms with Crippen LogP contribution >= 0.6 is 0 Å². The minimum absolute atomic E-state index is 0.217. The molecule has 0 spiro atoms. The Morgan fingerprint density at radius 1 is 1.57 bits per heavy atom. The van der Waals surface area contributed by atoms with Gasteiger partial charge in [-0.1, -0.05) is 5.16 Å². The standard InChI is InChI=1S/C14H18N2O5/c1-9(14(17)15-5-6-19-2)21-10-3-4-11-12(16-18)8-20-13(11)7-10/h3-4,7,9,18H,5-6,8H2,1-2H3,(H,15,17). The molecule has 1 aliphatic heterocycles. The van der Waals surface area contributed by atoms with Crippen LogP contribution in [0.4, 0.5) is 0 Å². The average molecular weight is 294 g/mol. The van der Waals surface area contributed by atoms with Crippen molar-refractivity contribution in [3.05, 3.63) is 23.8 Å². The van der Waals surface area contributed by atoms with Crippen molar-refractivity contribution >= 4 is 11.6 Å². The maximum Gasteiger partial charge on any atom is 0.260 e. The van der Waals surface area contributed by atoms with Gasteiger partial charge in [-0.15, -0.1) is 0 Å². The van der Waals surface area contributed by atoms with E-state index in [1.807, 2.05) is 0 Å². The summed E-state index contributed by atoms with van der Waals surface area (Å²) in [6, 6.07) is 5.12. The lowest BCUT2D eigenvalue weighted by atomic mass is 10.1. The predicted molar refractivity (Wildman–Crippen MR) is 75.2 cm³/mol. The third-order valence-corrected chi connectivity index (χ3v) is 3.04. The molecule has 1 aromatic rings. The number of carbonyl (C=O) groups excluding carboxylic acids is 1. The van der Waals surface area contributed by atoms with E-state index in [0.29, 0.717) is 30.4 Å². The number of ether oxygens (including phenoxy) is 3. The Morgan fingerprint density at radius 2 is 2.38 bits per heavy atom. The summed E-state index contributed by atoms with van der Waals surface area (Å²) in [5, 5.41) is 14.7. The van der Waals surface area contributed by atoms with E-state index < -0.39 is 6.10 Å². The number of carbonyl (C=O) groups is 1. The third kappa shape index (κ3) is 3.63. The zero-order valence-corrected chi connectivity index (χ0v) is 12.0. The lowest BCUT2D eigenvalue weighted by Gasteiger charge is -2.15. The van der Waals surface area contributed by atoms with Crippen LogP contribution in [0.15, 0.2) is 23.4 Å². The molecule has 2 N–H and O–H groups in total. The van der Waals surface area contributed by atoms with Gasteiger partial charge in [0.15, 0.2) is 6.10 Å². The lowest BCUT2D eigenvalue weighted by Crippen LogP contribution is -2.37. The molecule has 1 atom stereocenters. The molecule has 21 heavy (non-hydrogen) atoms. The molecule has 0 fully saturated rings. The fourth-order valence-corrected chi connectivity index (χ4v) is 1.92. The van der Waals surface area contributed by atoms with E-state index in [1.54, 1.807) is 32.2 Å². The maximum absolute atomic E-state index is 11.8. The van der Waals surface area contributed by atoms with Gasteiger partial charge in [0.2, 0.25) is 0 Å². The van der Waals surface area contributed by atoms with Gasteiger partial charge in [-0.25, -0.2) is 0 Å². The molecule has 0 saturated carbocycles. The van der Waals surface area contributed by atoms with Crippen molar-refractivity contribution in [1.29, 1.82) is 0 Å². The van der Waals surface area contributed by atoms with Gasteiger partial charge in [-0.2, -0.15) is 0 Å². The molecule has 0 aliphatic carbocycles. The minimum Gasteiger partial charge on any atom is -0.486 e. The van der Waals surface area contributed by atoms with Crippen LogP contribution in [0.5, 0.6) is 11.5 Å². The van der Waals surface area contributed by atoms with E-state index in [0.717, 1.165) is 5.56 Å². The van der Waals surface area contributed by atoms with Gasteiger partial charge in [0.1, 0.15) is 23.8 Å². The summed E-state index contributed by atoms with van der Waals surface area (Å²) in [6.07, 6.45) is -0.632. The van der Waals surface area contributed by atoms with Gasteiger partial charge >= 0.3 is 0 Å². The van der Waals surface area contributed by atoms with Crippen LogP contribution in [0, 0.1) is 0 Å². The van der Waals surface area contributed by atoms with Crippen LogP contribution in [0.25, 0.3) is 0 Å². The van der Waals surface area contributed by atoms with Gasteiger partial charge in [-0.05, 0) is 19.1 Å².